The summed E-state index contributed by atoms with van der Waals surface area (Å²) in [5.41, 5.74) is 0.480. The van der Waals surface area contributed by atoms with Crippen LogP contribution in [0.4, 0.5) is 25.8 Å². The van der Waals surface area contributed by atoms with E-state index < -0.39 is 47.2 Å². The molecule has 2 heterocycles. The van der Waals surface area contributed by atoms with E-state index in [1.54, 1.807) is 25.3 Å². The normalized spacial score (nSPS) is 18.7. The summed E-state index contributed by atoms with van der Waals surface area (Å²) in [6.45, 7) is 7.60. The first-order valence-electron chi connectivity index (χ1n) is 14.1. The molecule has 1 aromatic heterocycles. The van der Waals surface area contributed by atoms with Crippen molar-refractivity contribution in [1.29, 1.82) is 0 Å². The highest BCUT2D eigenvalue weighted by molar-refractivity contribution is 7.93. The second kappa shape index (κ2) is 12.5. The molecule has 1 saturated heterocycles. The van der Waals surface area contributed by atoms with Gasteiger partial charge in [-0.3, -0.25) is 19.1 Å². The average molecular weight is 625 g/mol. The number of ether oxygens (including phenoxy) is 1. The third kappa shape index (κ3) is 7.97. The number of sulfonamides is 1. The molecule has 4 rings (SSSR count). The minimum atomic E-state index is -4.06. The summed E-state index contributed by atoms with van der Waals surface area (Å²) in [6, 6.07) is 9.12. The molecule has 2 aliphatic rings. The molecule has 2 fully saturated rings. The zero-order valence-corrected chi connectivity index (χ0v) is 25.9. The van der Waals surface area contributed by atoms with Gasteiger partial charge in [-0.2, -0.15) is 0 Å². The lowest BCUT2D eigenvalue weighted by atomic mass is 9.92. The highest BCUT2D eigenvalue weighted by Crippen LogP contribution is 2.38. The van der Waals surface area contributed by atoms with Crippen LogP contribution in [-0.4, -0.2) is 64.3 Å². The Morgan fingerprint density at radius 1 is 1.12 bits per heavy atom. The number of pyridine rings is 1. The van der Waals surface area contributed by atoms with Crippen LogP contribution < -0.4 is 20.5 Å². The predicted octanol–water partition coefficient (Wildman–Crippen LogP) is 4.68. The smallest absolute Gasteiger partial charge is 0.323 e. The largest absolute Gasteiger partial charge is 0.465 e. The maximum atomic E-state index is 13.7. The summed E-state index contributed by atoms with van der Waals surface area (Å²) >= 11 is 0. The van der Waals surface area contributed by atoms with E-state index in [-0.39, 0.29) is 55.3 Å². The maximum absolute atomic E-state index is 13.7. The van der Waals surface area contributed by atoms with Crippen LogP contribution in [0.1, 0.15) is 49.0 Å². The Bertz CT molecular complexity index is 1480. The molecule has 10 nitrogen and oxygen atoms in total. The predicted molar refractivity (Wildman–Crippen MR) is 161 cm³/mol. The number of hydrogen-bond donors (Lipinski definition) is 2. The van der Waals surface area contributed by atoms with Crippen LogP contribution in [0.2, 0.25) is 25.2 Å². The fourth-order valence-corrected chi connectivity index (χ4v) is 8.31. The van der Waals surface area contributed by atoms with Gasteiger partial charge in [-0.15, -0.1) is 0 Å². The topological polar surface area (TPSA) is 127 Å². The van der Waals surface area contributed by atoms with Crippen molar-refractivity contribution >= 4 is 47.0 Å². The molecule has 1 aliphatic carbocycles. The number of hydrogen-bond acceptors (Lipinski definition) is 7. The lowest BCUT2D eigenvalue weighted by molar-refractivity contribution is -0.139. The standard InChI is InChI=1S/C28H38F2N4O6SSi/c1-4-40-25(35)19-41(38,39)32-20-7-8-22(24(18-20)33-14-16-42(2,3)17-15-33)26(36)31-23-6-5-13-34(27(23)37)21-9-11-28(29,30)12-10-21/h5-8,13,18,21,32H,4,9-12,14-17,19H2,1-3H3,(H,31,36). The summed E-state index contributed by atoms with van der Waals surface area (Å²) < 4.78 is 61.0. The molecular formula is C28H38F2N4O6SSi. The van der Waals surface area contributed by atoms with Crippen molar-refractivity contribution in [1.82, 2.24) is 4.57 Å². The van der Waals surface area contributed by atoms with E-state index in [0.29, 0.717) is 18.8 Å². The molecule has 0 atom stereocenters. The number of nitrogens with one attached hydrogen (secondary N) is 2. The van der Waals surface area contributed by atoms with E-state index in [4.69, 9.17) is 4.74 Å². The highest BCUT2D eigenvalue weighted by atomic mass is 32.2. The van der Waals surface area contributed by atoms with Crippen molar-refractivity contribution in [2.24, 2.45) is 0 Å². The van der Waals surface area contributed by atoms with Gasteiger partial charge in [0, 0.05) is 38.2 Å². The highest BCUT2D eigenvalue weighted by Gasteiger charge is 2.36. The maximum Gasteiger partial charge on any atom is 0.323 e. The quantitative estimate of drug-likeness (QED) is 0.306. The van der Waals surface area contributed by atoms with E-state index in [1.165, 1.54) is 22.8 Å². The molecular weight excluding hydrogens is 586 g/mol. The molecule has 2 N–H and O–H groups in total. The van der Waals surface area contributed by atoms with E-state index in [2.05, 4.69) is 23.1 Å². The molecule has 0 bridgehead atoms. The number of rotatable bonds is 9. The molecule has 1 aliphatic heterocycles. The van der Waals surface area contributed by atoms with Crippen molar-refractivity contribution in [3.63, 3.8) is 0 Å². The molecule has 230 valence electrons. The third-order valence-corrected chi connectivity index (χ3v) is 12.2. The fraction of sp³-hybridized carbons (Fsp3) is 0.536. The van der Waals surface area contributed by atoms with Crippen LogP contribution >= 0.6 is 0 Å². The monoisotopic (exact) mass is 624 g/mol. The van der Waals surface area contributed by atoms with Crippen LogP contribution in [0.3, 0.4) is 0 Å². The summed E-state index contributed by atoms with van der Waals surface area (Å²) in [6.07, 6.45) is 1.28. The number of carbonyl (C=O) groups excluding carboxylic acids is 2. The number of alkyl halides is 2. The van der Waals surface area contributed by atoms with Crippen molar-refractivity contribution in [3.05, 3.63) is 52.4 Å². The molecule has 0 unspecified atom stereocenters. The van der Waals surface area contributed by atoms with E-state index in [9.17, 15) is 31.6 Å². The number of esters is 1. The molecule has 0 spiro atoms. The van der Waals surface area contributed by atoms with E-state index in [1.807, 2.05) is 4.90 Å². The summed E-state index contributed by atoms with van der Waals surface area (Å²) in [4.78, 5) is 40.6. The van der Waals surface area contributed by atoms with Crippen molar-refractivity contribution in [2.75, 3.05) is 40.4 Å². The lowest BCUT2D eigenvalue weighted by Crippen LogP contribution is -2.43. The van der Waals surface area contributed by atoms with Crippen LogP contribution in [0.5, 0.6) is 0 Å². The number of amides is 1. The molecule has 2 aromatic rings. The van der Waals surface area contributed by atoms with Gasteiger partial charge in [0.25, 0.3) is 11.5 Å². The van der Waals surface area contributed by atoms with Crippen LogP contribution in [0.25, 0.3) is 0 Å². The van der Waals surface area contributed by atoms with Gasteiger partial charge in [0.1, 0.15) is 5.69 Å². The SMILES string of the molecule is CCOC(=O)CS(=O)(=O)Nc1ccc(C(=O)Nc2cccn(C3CCC(F)(F)CC3)c2=O)c(N2CC[Si](C)(C)CC2)c1. The average Bonchev–Trinajstić information content (AvgIpc) is 2.89. The van der Waals surface area contributed by atoms with Gasteiger partial charge in [-0.1, -0.05) is 13.1 Å². The Morgan fingerprint density at radius 3 is 2.43 bits per heavy atom. The molecule has 1 aromatic carbocycles. The minimum Gasteiger partial charge on any atom is -0.465 e. The zero-order valence-electron chi connectivity index (χ0n) is 24.1. The number of halogens is 2. The lowest BCUT2D eigenvalue weighted by Gasteiger charge is -2.38. The van der Waals surface area contributed by atoms with Gasteiger partial charge < -0.3 is 19.5 Å². The van der Waals surface area contributed by atoms with Gasteiger partial charge in [-0.05, 0) is 62.2 Å². The number of nitrogens with zero attached hydrogens (tertiary/aromatic N) is 2. The van der Waals surface area contributed by atoms with Gasteiger partial charge in [0.15, 0.2) is 5.75 Å². The van der Waals surface area contributed by atoms with Gasteiger partial charge in [0.05, 0.1) is 31.6 Å². The first-order valence-corrected chi connectivity index (χ1v) is 19.2. The van der Waals surface area contributed by atoms with E-state index >= 15 is 0 Å². The van der Waals surface area contributed by atoms with Crippen LogP contribution in [0.15, 0.2) is 41.3 Å². The Balaban J connectivity index is 1.60. The second-order valence-electron chi connectivity index (χ2n) is 11.7. The summed E-state index contributed by atoms with van der Waals surface area (Å²) in [5, 5.41) is 2.69. The van der Waals surface area contributed by atoms with Crippen molar-refractivity contribution in [2.45, 2.75) is 69.8 Å². The molecule has 42 heavy (non-hydrogen) atoms. The van der Waals surface area contributed by atoms with Crippen molar-refractivity contribution < 1.29 is 31.5 Å². The number of aromatic nitrogens is 1. The minimum absolute atomic E-state index is 0.0252. The Labute approximate surface area is 245 Å². The first-order chi connectivity index (χ1) is 19.7. The molecule has 14 heteroatoms. The first kappa shape index (κ1) is 31.7. The molecule has 1 amide bonds. The second-order valence-corrected chi connectivity index (χ2v) is 18.8. The number of benzene rings is 1. The van der Waals surface area contributed by atoms with Crippen LogP contribution in [0, 0.1) is 0 Å². The third-order valence-electron chi connectivity index (χ3n) is 7.89. The Hall–Kier alpha value is -3.26. The molecule has 1 saturated carbocycles. The fourth-order valence-electron chi connectivity index (χ4n) is 5.36. The Kier molecular flexibility index (Phi) is 9.45. The number of carbonyl (C=O) groups is 2. The van der Waals surface area contributed by atoms with Gasteiger partial charge in [-0.25, -0.2) is 17.2 Å². The van der Waals surface area contributed by atoms with Crippen molar-refractivity contribution in [3.8, 4) is 0 Å². The number of anilines is 3. The summed E-state index contributed by atoms with van der Waals surface area (Å²) in [5.74, 6) is -5.01. The molecule has 0 radical (unpaired) electrons. The van der Waals surface area contributed by atoms with Crippen LogP contribution in [-0.2, 0) is 19.6 Å². The van der Waals surface area contributed by atoms with Gasteiger partial charge >= 0.3 is 5.97 Å². The zero-order chi connectivity index (χ0) is 30.7. The van der Waals surface area contributed by atoms with Gasteiger partial charge in [0.2, 0.25) is 15.9 Å². The van der Waals surface area contributed by atoms with E-state index in [0.717, 1.165) is 12.1 Å². The summed E-state index contributed by atoms with van der Waals surface area (Å²) in [7, 11) is -5.44. The Morgan fingerprint density at radius 2 is 1.79 bits per heavy atom.